The molecule has 1 aliphatic rings. The number of nitrogens with one attached hydrogen (secondary N) is 2. The summed E-state index contributed by atoms with van der Waals surface area (Å²) in [5.41, 5.74) is 3.42. The zero-order chi connectivity index (χ0) is 23.5. The number of likely N-dealkylation sites (tertiary alicyclic amines) is 1. The fourth-order valence-corrected chi connectivity index (χ4v) is 4.10. The smallest absolute Gasteiger partial charge is 0.410 e. The molecule has 32 heavy (non-hydrogen) atoms. The molecule has 2 heterocycles. The van der Waals surface area contributed by atoms with Gasteiger partial charge in [-0.05, 0) is 45.7 Å². The highest BCUT2D eigenvalue weighted by atomic mass is 32.1. The zero-order valence-electron chi connectivity index (χ0n) is 17.9. The van der Waals surface area contributed by atoms with Gasteiger partial charge in [0.25, 0.3) is 11.8 Å². The van der Waals surface area contributed by atoms with Crippen LogP contribution in [-0.2, 0) is 4.74 Å². The number of carbonyl (C=O) groups excluding carboxylic acids is 3. The Balaban J connectivity index is 1.52. The van der Waals surface area contributed by atoms with E-state index < -0.39 is 34.6 Å². The molecule has 1 saturated heterocycles. The largest absolute Gasteiger partial charge is 0.444 e. The molecule has 172 valence electrons. The molecule has 0 bridgehead atoms. The topological polar surface area (TPSA) is 101 Å². The molecule has 11 heteroatoms. The van der Waals surface area contributed by atoms with Gasteiger partial charge < -0.3 is 9.64 Å². The first-order chi connectivity index (χ1) is 15.0. The Bertz CT molecular complexity index is 1010. The predicted molar refractivity (Wildman–Crippen MR) is 113 cm³/mol. The maximum atomic E-state index is 13.7. The van der Waals surface area contributed by atoms with Crippen molar-refractivity contribution in [1.82, 2.24) is 20.7 Å². The monoisotopic (exact) mass is 466 g/mol. The summed E-state index contributed by atoms with van der Waals surface area (Å²) in [6.07, 6.45) is 1.03. The van der Waals surface area contributed by atoms with E-state index in [-0.39, 0.29) is 17.7 Å². The highest BCUT2D eigenvalue weighted by molar-refractivity contribution is 7.09. The minimum Gasteiger partial charge on any atom is -0.444 e. The normalized spacial score (nSPS) is 14.7. The van der Waals surface area contributed by atoms with Gasteiger partial charge in [-0.3, -0.25) is 20.4 Å². The van der Waals surface area contributed by atoms with Gasteiger partial charge in [-0.2, -0.15) is 0 Å². The van der Waals surface area contributed by atoms with E-state index in [9.17, 15) is 23.2 Å². The molecule has 0 saturated carbocycles. The number of nitrogens with zero attached hydrogens (tertiary/aromatic N) is 2. The van der Waals surface area contributed by atoms with E-state index in [0.717, 1.165) is 17.1 Å². The van der Waals surface area contributed by atoms with E-state index in [1.165, 1.54) is 11.3 Å². The van der Waals surface area contributed by atoms with Gasteiger partial charge in [-0.1, -0.05) is 0 Å². The summed E-state index contributed by atoms with van der Waals surface area (Å²) in [6, 6.07) is 2.51. The number of hydrogen-bond acceptors (Lipinski definition) is 6. The molecule has 0 unspecified atom stereocenters. The minimum atomic E-state index is -1.04. The van der Waals surface area contributed by atoms with Gasteiger partial charge >= 0.3 is 6.09 Å². The van der Waals surface area contributed by atoms with Crippen LogP contribution in [0.25, 0.3) is 0 Å². The Kier molecular flexibility index (Phi) is 7.07. The average molecular weight is 467 g/mol. The quantitative estimate of drug-likeness (QED) is 0.673. The van der Waals surface area contributed by atoms with E-state index in [0.29, 0.717) is 32.0 Å². The fourth-order valence-electron chi connectivity index (χ4n) is 3.13. The van der Waals surface area contributed by atoms with Gasteiger partial charge in [0, 0.05) is 30.5 Å². The third-order valence-corrected chi connectivity index (χ3v) is 5.72. The molecule has 3 amide bonds. The van der Waals surface area contributed by atoms with Crippen molar-refractivity contribution in [2.75, 3.05) is 13.1 Å². The van der Waals surface area contributed by atoms with Crippen molar-refractivity contribution >= 4 is 29.2 Å². The van der Waals surface area contributed by atoms with Gasteiger partial charge in [0.1, 0.15) is 22.9 Å². The number of hydrazine groups is 1. The van der Waals surface area contributed by atoms with E-state index in [4.69, 9.17) is 4.74 Å². The van der Waals surface area contributed by atoms with Crippen LogP contribution in [0.3, 0.4) is 0 Å². The SMILES string of the molecule is CC(C)(C)OC(=O)N1CCC(c2nc(C(=O)NNC(=O)c3ccc(F)cc3F)cs2)CC1. The third-order valence-electron chi connectivity index (χ3n) is 4.72. The van der Waals surface area contributed by atoms with Gasteiger partial charge in [0.05, 0.1) is 10.6 Å². The molecule has 1 aliphatic heterocycles. The Morgan fingerprint density at radius 2 is 1.78 bits per heavy atom. The Morgan fingerprint density at radius 1 is 1.12 bits per heavy atom. The predicted octanol–water partition coefficient (Wildman–Crippen LogP) is 3.61. The van der Waals surface area contributed by atoms with Crippen LogP contribution in [0.2, 0.25) is 0 Å². The molecule has 0 aliphatic carbocycles. The molecular weight excluding hydrogens is 442 g/mol. The highest BCUT2D eigenvalue weighted by Gasteiger charge is 2.29. The number of aromatic nitrogens is 1. The molecular formula is C21H24F2N4O4S. The van der Waals surface area contributed by atoms with Crippen LogP contribution in [-0.4, -0.2) is 46.5 Å². The van der Waals surface area contributed by atoms with Crippen molar-refractivity contribution in [3.05, 3.63) is 51.5 Å². The molecule has 2 aromatic rings. The number of piperidine rings is 1. The standard InChI is InChI=1S/C21H24F2N4O4S/c1-21(2,3)31-20(30)27-8-6-12(7-9-27)19-24-16(11-32-19)18(29)26-25-17(28)14-5-4-13(22)10-15(14)23/h4-5,10-12H,6-9H2,1-3H3,(H,25,28)(H,26,29). The molecule has 0 radical (unpaired) electrons. The van der Waals surface area contributed by atoms with Crippen LogP contribution in [0.5, 0.6) is 0 Å². The van der Waals surface area contributed by atoms with Crippen LogP contribution in [0.1, 0.15) is 65.4 Å². The average Bonchev–Trinajstić information content (AvgIpc) is 3.21. The van der Waals surface area contributed by atoms with Crippen LogP contribution in [0.15, 0.2) is 23.6 Å². The van der Waals surface area contributed by atoms with E-state index in [2.05, 4.69) is 15.8 Å². The van der Waals surface area contributed by atoms with Gasteiger partial charge in [0.15, 0.2) is 0 Å². The number of ether oxygens (including phenoxy) is 1. The van der Waals surface area contributed by atoms with Crippen molar-refractivity contribution in [3.63, 3.8) is 0 Å². The number of rotatable bonds is 3. The lowest BCUT2D eigenvalue weighted by Crippen LogP contribution is -2.42. The second-order valence-electron chi connectivity index (χ2n) is 8.35. The summed E-state index contributed by atoms with van der Waals surface area (Å²) in [5, 5.41) is 2.32. The summed E-state index contributed by atoms with van der Waals surface area (Å²) < 4.78 is 32.0. The fraction of sp³-hybridized carbons (Fsp3) is 0.429. The van der Waals surface area contributed by atoms with E-state index in [1.54, 1.807) is 10.3 Å². The molecule has 1 aromatic carbocycles. The highest BCUT2D eigenvalue weighted by Crippen LogP contribution is 2.30. The van der Waals surface area contributed by atoms with Gasteiger partial charge in [0.2, 0.25) is 0 Å². The first-order valence-corrected chi connectivity index (χ1v) is 10.9. The van der Waals surface area contributed by atoms with Crippen molar-refractivity contribution in [3.8, 4) is 0 Å². The molecule has 1 aromatic heterocycles. The summed E-state index contributed by atoms with van der Waals surface area (Å²) in [5.74, 6) is -3.32. The second kappa shape index (κ2) is 9.60. The summed E-state index contributed by atoms with van der Waals surface area (Å²) in [6.45, 7) is 6.51. The number of hydrogen-bond donors (Lipinski definition) is 2. The number of amides is 3. The van der Waals surface area contributed by atoms with Crippen molar-refractivity contribution in [1.29, 1.82) is 0 Å². The molecule has 2 N–H and O–H groups in total. The van der Waals surface area contributed by atoms with Crippen molar-refractivity contribution in [2.24, 2.45) is 0 Å². The lowest BCUT2D eigenvalue weighted by atomic mass is 9.98. The summed E-state index contributed by atoms with van der Waals surface area (Å²) in [7, 11) is 0. The molecule has 3 rings (SSSR count). The number of benzene rings is 1. The summed E-state index contributed by atoms with van der Waals surface area (Å²) >= 11 is 1.32. The first kappa shape index (κ1) is 23.6. The third kappa shape index (κ3) is 6.00. The maximum absolute atomic E-state index is 13.7. The number of carbonyl (C=O) groups is 3. The van der Waals surface area contributed by atoms with Crippen LogP contribution >= 0.6 is 11.3 Å². The van der Waals surface area contributed by atoms with Crippen LogP contribution in [0, 0.1) is 11.6 Å². The Hall–Kier alpha value is -3.08. The molecule has 0 atom stereocenters. The lowest BCUT2D eigenvalue weighted by Gasteiger charge is -2.32. The Morgan fingerprint density at radius 3 is 2.41 bits per heavy atom. The number of halogens is 2. The number of thiazole rings is 1. The summed E-state index contributed by atoms with van der Waals surface area (Å²) in [4.78, 5) is 42.5. The minimum absolute atomic E-state index is 0.100. The zero-order valence-corrected chi connectivity index (χ0v) is 18.7. The molecule has 1 fully saturated rings. The maximum Gasteiger partial charge on any atom is 0.410 e. The van der Waals surface area contributed by atoms with Crippen molar-refractivity contribution < 1.29 is 27.9 Å². The van der Waals surface area contributed by atoms with Gasteiger partial charge in [-0.15, -0.1) is 11.3 Å². The van der Waals surface area contributed by atoms with Crippen LogP contribution < -0.4 is 10.9 Å². The van der Waals surface area contributed by atoms with E-state index in [1.807, 2.05) is 20.8 Å². The Labute approximate surface area is 187 Å². The second-order valence-corrected chi connectivity index (χ2v) is 9.23. The van der Waals surface area contributed by atoms with Gasteiger partial charge in [-0.25, -0.2) is 18.6 Å². The molecule has 0 spiro atoms. The van der Waals surface area contributed by atoms with E-state index >= 15 is 0 Å². The first-order valence-electron chi connectivity index (χ1n) is 10.0. The molecule has 8 nitrogen and oxygen atoms in total. The van der Waals surface area contributed by atoms with Crippen LogP contribution in [0.4, 0.5) is 13.6 Å². The van der Waals surface area contributed by atoms with Crippen molar-refractivity contribution in [2.45, 2.75) is 45.1 Å². The lowest BCUT2D eigenvalue weighted by molar-refractivity contribution is 0.0204.